The summed E-state index contributed by atoms with van der Waals surface area (Å²) in [5.41, 5.74) is -1.33. The molecule has 0 aromatic heterocycles. The van der Waals surface area contributed by atoms with Gasteiger partial charge in [-0.2, -0.15) is 0 Å². The van der Waals surface area contributed by atoms with Gasteiger partial charge in [0.15, 0.2) is 0 Å². The fourth-order valence-corrected chi connectivity index (χ4v) is 4.49. The molecule has 0 atom stereocenters. The number of halogens is 2. The van der Waals surface area contributed by atoms with Gasteiger partial charge in [0, 0.05) is 10.0 Å². The Kier molecular flexibility index (Phi) is 6.31. The number of hydrogen-bond donors (Lipinski definition) is 3. The van der Waals surface area contributed by atoms with Crippen LogP contribution < -0.4 is 10.0 Å². The Morgan fingerprint density at radius 2 is 1.64 bits per heavy atom. The monoisotopic (exact) mass is 408 g/mol. The Bertz CT molecular complexity index is 756. The molecule has 1 aromatic carbocycles. The van der Waals surface area contributed by atoms with Gasteiger partial charge in [0.05, 0.1) is 11.4 Å². The smallest absolute Gasteiger partial charge is 0.329 e. The maximum atomic E-state index is 12.2. The van der Waals surface area contributed by atoms with Crippen molar-refractivity contribution in [3.63, 3.8) is 0 Å². The van der Waals surface area contributed by atoms with Crippen molar-refractivity contribution in [1.29, 1.82) is 0 Å². The average molecular weight is 409 g/mol. The molecule has 7 nitrogen and oxygen atoms in total. The molecule has 0 radical (unpaired) electrons. The van der Waals surface area contributed by atoms with Crippen molar-refractivity contribution >= 4 is 45.1 Å². The van der Waals surface area contributed by atoms with E-state index in [1.807, 2.05) is 0 Å². The van der Waals surface area contributed by atoms with Crippen molar-refractivity contribution in [1.82, 2.24) is 10.0 Å². The Morgan fingerprint density at radius 1 is 1.08 bits per heavy atom. The number of carboxylic acid groups (broad SMARTS) is 1. The van der Waals surface area contributed by atoms with Crippen LogP contribution in [-0.4, -0.2) is 37.5 Å². The van der Waals surface area contributed by atoms with E-state index in [1.165, 1.54) is 18.2 Å². The third kappa shape index (κ3) is 5.07. The molecular weight excluding hydrogens is 391 g/mol. The molecule has 1 amide bonds. The quantitative estimate of drug-likeness (QED) is 0.667. The highest BCUT2D eigenvalue weighted by molar-refractivity contribution is 7.89. The number of benzene rings is 1. The first-order valence-electron chi connectivity index (χ1n) is 7.65. The number of nitrogens with one attached hydrogen (secondary N) is 2. The molecule has 1 aliphatic rings. The van der Waals surface area contributed by atoms with Gasteiger partial charge in [-0.3, -0.25) is 4.79 Å². The van der Waals surface area contributed by atoms with Gasteiger partial charge in [-0.1, -0.05) is 42.5 Å². The summed E-state index contributed by atoms with van der Waals surface area (Å²) in [5.74, 6) is -1.81. The Balaban J connectivity index is 2.04. The molecule has 0 bridgehead atoms. The zero-order chi connectivity index (χ0) is 18.7. The normalized spacial score (nSPS) is 17.0. The summed E-state index contributed by atoms with van der Waals surface area (Å²) in [7, 11) is -4.01. The molecular formula is C15H18Cl2N2O5S. The third-order valence-corrected chi connectivity index (χ3v) is 5.88. The second-order valence-electron chi connectivity index (χ2n) is 5.93. The summed E-state index contributed by atoms with van der Waals surface area (Å²) in [6.45, 7) is -0.582. The minimum absolute atomic E-state index is 0.143. The van der Waals surface area contributed by atoms with Crippen molar-refractivity contribution in [2.24, 2.45) is 0 Å². The van der Waals surface area contributed by atoms with E-state index in [0.29, 0.717) is 25.7 Å². The fourth-order valence-electron chi connectivity index (χ4n) is 2.79. The molecule has 138 valence electrons. The predicted molar refractivity (Wildman–Crippen MR) is 93.2 cm³/mol. The van der Waals surface area contributed by atoms with Crippen molar-refractivity contribution in [2.75, 3.05) is 6.54 Å². The lowest BCUT2D eigenvalue weighted by Gasteiger charge is -2.33. The van der Waals surface area contributed by atoms with Gasteiger partial charge in [0.25, 0.3) is 0 Å². The maximum absolute atomic E-state index is 12.2. The summed E-state index contributed by atoms with van der Waals surface area (Å²) >= 11 is 11.6. The van der Waals surface area contributed by atoms with Gasteiger partial charge in [0.1, 0.15) is 5.54 Å². The van der Waals surface area contributed by atoms with Crippen LogP contribution in [0.15, 0.2) is 23.1 Å². The lowest BCUT2D eigenvalue weighted by Crippen LogP contribution is -2.57. The van der Waals surface area contributed by atoms with Gasteiger partial charge < -0.3 is 10.4 Å². The van der Waals surface area contributed by atoms with Crippen molar-refractivity contribution in [3.05, 3.63) is 28.2 Å². The summed E-state index contributed by atoms with van der Waals surface area (Å²) in [6.07, 6.45) is 2.95. The topological polar surface area (TPSA) is 113 Å². The molecule has 2 rings (SSSR count). The van der Waals surface area contributed by atoms with E-state index in [2.05, 4.69) is 10.0 Å². The van der Waals surface area contributed by atoms with Crippen LogP contribution in [-0.2, 0) is 19.6 Å². The molecule has 25 heavy (non-hydrogen) atoms. The number of carbonyl (C=O) groups excluding carboxylic acids is 1. The van der Waals surface area contributed by atoms with Gasteiger partial charge in [-0.15, -0.1) is 0 Å². The van der Waals surface area contributed by atoms with Crippen LogP contribution in [0.5, 0.6) is 0 Å². The largest absolute Gasteiger partial charge is 0.480 e. The zero-order valence-corrected chi connectivity index (χ0v) is 15.5. The molecule has 1 aromatic rings. The number of sulfonamides is 1. The van der Waals surface area contributed by atoms with E-state index < -0.39 is 34.0 Å². The van der Waals surface area contributed by atoms with Crippen LogP contribution in [0.2, 0.25) is 10.0 Å². The molecule has 0 saturated heterocycles. The number of rotatable bonds is 6. The van der Waals surface area contributed by atoms with Gasteiger partial charge >= 0.3 is 5.97 Å². The van der Waals surface area contributed by atoms with Gasteiger partial charge in [-0.25, -0.2) is 17.9 Å². The number of carboxylic acids is 1. The molecule has 0 spiro atoms. The van der Waals surface area contributed by atoms with Crippen LogP contribution in [0.25, 0.3) is 0 Å². The first kappa shape index (κ1) is 20.0. The lowest BCUT2D eigenvalue weighted by molar-refractivity contribution is -0.149. The lowest BCUT2D eigenvalue weighted by atomic mass is 9.81. The van der Waals surface area contributed by atoms with E-state index in [0.717, 1.165) is 6.42 Å². The fraction of sp³-hybridized carbons (Fsp3) is 0.467. The van der Waals surface area contributed by atoms with Crippen LogP contribution >= 0.6 is 23.2 Å². The second kappa shape index (κ2) is 7.90. The van der Waals surface area contributed by atoms with E-state index in [-0.39, 0.29) is 14.9 Å². The summed E-state index contributed by atoms with van der Waals surface area (Å²) in [4.78, 5) is 23.4. The molecule has 3 N–H and O–H groups in total. The zero-order valence-electron chi connectivity index (χ0n) is 13.2. The highest BCUT2D eigenvalue weighted by Crippen LogP contribution is 2.28. The van der Waals surface area contributed by atoms with Crippen molar-refractivity contribution in [3.8, 4) is 0 Å². The van der Waals surface area contributed by atoms with Crippen LogP contribution in [0.4, 0.5) is 0 Å². The SMILES string of the molecule is O=C(CNS(=O)(=O)c1cc(Cl)cc(Cl)c1)NC1(C(=O)O)CCCCC1. The molecule has 0 heterocycles. The Hall–Kier alpha value is -1.35. The van der Waals surface area contributed by atoms with E-state index in [1.54, 1.807) is 0 Å². The standard InChI is InChI=1S/C15H18Cl2N2O5S/c16-10-6-11(17)8-12(7-10)25(23,24)18-9-13(20)19-15(14(21)22)4-2-1-3-5-15/h6-8,18H,1-5,9H2,(H,19,20)(H,21,22). The van der Waals surface area contributed by atoms with Gasteiger partial charge in [-0.05, 0) is 31.0 Å². The minimum atomic E-state index is -4.01. The highest BCUT2D eigenvalue weighted by Gasteiger charge is 2.40. The molecule has 0 aliphatic heterocycles. The number of carbonyl (C=O) groups is 2. The second-order valence-corrected chi connectivity index (χ2v) is 8.57. The number of hydrogen-bond acceptors (Lipinski definition) is 4. The highest BCUT2D eigenvalue weighted by atomic mass is 35.5. The molecule has 10 heteroatoms. The number of aliphatic carboxylic acids is 1. The number of amides is 1. The average Bonchev–Trinajstić information content (AvgIpc) is 2.53. The van der Waals surface area contributed by atoms with Crippen LogP contribution in [0.1, 0.15) is 32.1 Å². The van der Waals surface area contributed by atoms with Crippen molar-refractivity contribution < 1.29 is 23.1 Å². The Morgan fingerprint density at radius 3 is 2.16 bits per heavy atom. The Labute approximate surface area is 155 Å². The van der Waals surface area contributed by atoms with Gasteiger partial charge in [0.2, 0.25) is 15.9 Å². The van der Waals surface area contributed by atoms with E-state index >= 15 is 0 Å². The first-order valence-corrected chi connectivity index (χ1v) is 9.89. The van der Waals surface area contributed by atoms with Crippen LogP contribution in [0, 0.1) is 0 Å². The molecule has 1 fully saturated rings. The summed E-state index contributed by atoms with van der Waals surface area (Å²) < 4.78 is 26.6. The van der Waals surface area contributed by atoms with Crippen LogP contribution in [0.3, 0.4) is 0 Å². The molecule has 1 aliphatic carbocycles. The predicted octanol–water partition coefficient (Wildman–Crippen LogP) is 2.18. The van der Waals surface area contributed by atoms with Crippen molar-refractivity contribution in [2.45, 2.75) is 42.5 Å². The first-order chi connectivity index (χ1) is 11.6. The summed E-state index contributed by atoms with van der Waals surface area (Å²) in [6, 6.07) is 3.79. The molecule has 1 saturated carbocycles. The minimum Gasteiger partial charge on any atom is -0.480 e. The van der Waals surface area contributed by atoms with E-state index in [9.17, 15) is 23.1 Å². The summed E-state index contributed by atoms with van der Waals surface area (Å²) in [5, 5.41) is 12.2. The molecule has 0 unspecified atom stereocenters. The maximum Gasteiger partial charge on any atom is 0.329 e. The third-order valence-electron chi connectivity index (χ3n) is 4.06. The van der Waals surface area contributed by atoms with E-state index in [4.69, 9.17) is 23.2 Å².